The summed E-state index contributed by atoms with van der Waals surface area (Å²) in [6.07, 6.45) is 0.991. The van der Waals surface area contributed by atoms with Gasteiger partial charge in [0, 0.05) is 6.07 Å². The molecule has 0 spiro atoms. The van der Waals surface area contributed by atoms with Crippen LogP contribution in [0.3, 0.4) is 0 Å². The van der Waals surface area contributed by atoms with E-state index in [1.165, 1.54) is 12.1 Å². The van der Waals surface area contributed by atoms with Gasteiger partial charge < -0.3 is 10.5 Å². The number of ether oxygens (including phenoxy) is 1. The lowest BCUT2D eigenvalue weighted by atomic mass is 10.1. The van der Waals surface area contributed by atoms with Gasteiger partial charge in [-0.25, -0.2) is 4.39 Å². The lowest BCUT2D eigenvalue weighted by Crippen LogP contribution is -2.05. The molecule has 3 heteroatoms. The zero-order valence-corrected chi connectivity index (χ0v) is 10.4. The molecule has 17 heavy (non-hydrogen) atoms. The number of benzene rings is 1. The number of hydrogen-bond donors (Lipinski definition) is 1. The molecule has 0 saturated heterocycles. The minimum absolute atomic E-state index is 0.255. The molecular weight excluding hydrogens is 217 g/mol. The molecule has 0 radical (unpaired) electrons. The second-order valence-corrected chi connectivity index (χ2v) is 5.36. The quantitative estimate of drug-likeness (QED) is 0.854. The van der Waals surface area contributed by atoms with Crippen LogP contribution in [0.2, 0.25) is 0 Å². The number of nitrogens with two attached hydrogens (primary N) is 1. The monoisotopic (exact) mass is 237 g/mol. The molecule has 1 aliphatic rings. The fourth-order valence-electron chi connectivity index (χ4n) is 2.76. The van der Waals surface area contributed by atoms with Gasteiger partial charge in [0.05, 0.1) is 6.61 Å². The molecule has 1 aliphatic carbocycles. The Kier molecular flexibility index (Phi) is 3.38. The maximum atomic E-state index is 12.9. The van der Waals surface area contributed by atoms with Gasteiger partial charge in [-0.3, -0.25) is 0 Å². The summed E-state index contributed by atoms with van der Waals surface area (Å²) in [5, 5.41) is 0. The first-order chi connectivity index (χ1) is 8.05. The van der Waals surface area contributed by atoms with Gasteiger partial charge in [0.15, 0.2) is 0 Å². The van der Waals surface area contributed by atoms with E-state index in [0.29, 0.717) is 29.6 Å². The summed E-state index contributed by atoms with van der Waals surface area (Å²) in [7, 11) is 0. The molecule has 94 valence electrons. The first-order valence-corrected chi connectivity index (χ1v) is 6.14. The summed E-state index contributed by atoms with van der Waals surface area (Å²) in [6, 6.07) is 6.27. The summed E-state index contributed by atoms with van der Waals surface area (Å²) in [5.41, 5.74) is 6.06. The Bertz CT molecular complexity index is 392. The number of halogens is 1. The van der Waals surface area contributed by atoms with Crippen molar-refractivity contribution in [2.45, 2.75) is 20.3 Å². The molecule has 1 fully saturated rings. The van der Waals surface area contributed by atoms with Crippen LogP contribution in [-0.4, -0.2) is 13.2 Å². The van der Waals surface area contributed by atoms with Gasteiger partial charge in [0.25, 0.3) is 0 Å². The van der Waals surface area contributed by atoms with Crippen molar-refractivity contribution in [2.24, 2.45) is 23.0 Å². The first-order valence-electron chi connectivity index (χ1n) is 6.14. The van der Waals surface area contributed by atoms with Crippen molar-refractivity contribution >= 4 is 0 Å². The molecule has 0 aromatic heterocycles. The third kappa shape index (κ3) is 2.60. The molecule has 2 N–H and O–H groups in total. The SMILES string of the molecule is CC1(C)C(CN)C1CCOc1cccc(F)c1. The minimum Gasteiger partial charge on any atom is -0.493 e. The fraction of sp³-hybridized carbons (Fsp3) is 0.571. The van der Waals surface area contributed by atoms with Crippen LogP contribution >= 0.6 is 0 Å². The Morgan fingerprint density at radius 2 is 2.12 bits per heavy atom. The van der Waals surface area contributed by atoms with E-state index in [9.17, 15) is 4.39 Å². The molecule has 0 heterocycles. The van der Waals surface area contributed by atoms with E-state index in [1.807, 2.05) is 0 Å². The molecule has 2 unspecified atom stereocenters. The zero-order chi connectivity index (χ0) is 12.5. The van der Waals surface area contributed by atoms with Gasteiger partial charge in [-0.05, 0) is 42.3 Å². The Morgan fingerprint density at radius 1 is 1.35 bits per heavy atom. The molecule has 0 aliphatic heterocycles. The molecule has 1 saturated carbocycles. The van der Waals surface area contributed by atoms with Crippen LogP contribution < -0.4 is 10.5 Å². The van der Waals surface area contributed by atoms with E-state index in [-0.39, 0.29) is 5.82 Å². The van der Waals surface area contributed by atoms with Gasteiger partial charge >= 0.3 is 0 Å². The largest absolute Gasteiger partial charge is 0.493 e. The van der Waals surface area contributed by atoms with Crippen molar-refractivity contribution in [1.29, 1.82) is 0 Å². The highest BCUT2D eigenvalue weighted by atomic mass is 19.1. The predicted molar refractivity (Wildman–Crippen MR) is 66.3 cm³/mol. The maximum Gasteiger partial charge on any atom is 0.126 e. The number of rotatable bonds is 5. The van der Waals surface area contributed by atoms with Gasteiger partial charge in [0.1, 0.15) is 11.6 Å². The van der Waals surface area contributed by atoms with Crippen LogP contribution in [0.5, 0.6) is 5.75 Å². The van der Waals surface area contributed by atoms with E-state index < -0.39 is 0 Å². The molecule has 1 aromatic rings. The summed E-state index contributed by atoms with van der Waals surface area (Å²) in [4.78, 5) is 0. The highest BCUT2D eigenvalue weighted by Crippen LogP contribution is 2.59. The van der Waals surface area contributed by atoms with E-state index in [2.05, 4.69) is 13.8 Å². The molecule has 2 rings (SSSR count). The average molecular weight is 237 g/mol. The smallest absolute Gasteiger partial charge is 0.126 e. The number of hydrogen-bond acceptors (Lipinski definition) is 2. The topological polar surface area (TPSA) is 35.2 Å². The second kappa shape index (κ2) is 4.65. The minimum atomic E-state index is -0.255. The third-order valence-corrected chi connectivity index (χ3v) is 4.04. The summed E-state index contributed by atoms with van der Waals surface area (Å²) in [6.45, 7) is 5.88. The van der Waals surface area contributed by atoms with Crippen molar-refractivity contribution < 1.29 is 9.13 Å². The zero-order valence-electron chi connectivity index (χ0n) is 10.4. The van der Waals surface area contributed by atoms with Gasteiger partial charge in [-0.15, -0.1) is 0 Å². The van der Waals surface area contributed by atoms with E-state index in [4.69, 9.17) is 10.5 Å². The standard InChI is InChI=1S/C14H20FNO/c1-14(2)12(13(14)9-16)6-7-17-11-5-3-4-10(15)8-11/h3-5,8,12-13H,6-7,9,16H2,1-2H3. The Balaban J connectivity index is 1.78. The first kappa shape index (κ1) is 12.4. The predicted octanol–water partition coefficient (Wildman–Crippen LogP) is 2.83. The van der Waals surface area contributed by atoms with Crippen molar-refractivity contribution in [2.75, 3.05) is 13.2 Å². The third-order valence-electron chi connectivity index (χ3n) is 4.04. The van der Waals surface area contributed by atoms with Crippen LogP contribution in [0.4, 0.5) is 4.39 Å². The van der Waals surface area contributed by atoms with Crippen LogP contribution in [0.1, 0.15) is 20.3 Å². The van der Waals surface area contributed by atoms with Gasteiger partial charge in [-0.2, -0.15) is 0 Å². The highest BCUT2D eigenvalue weighted by molar-refractivity contribution is 5.22. The average Bonchev–Trinajstić information content (AvgIpc) is 2.80. The van der Waals surface area contributed by atoms with Gasteiger partial charge in [-0.1, -0.05) is 19.9 Å². The van der Waals surface area contributed by atoms with Crippen LogP contribution in [0, 0.1) is 23.1 Å². The Labute approximate surface area is 102 Å². The lowest BCUT2D eigenvalue weighted by Gasteiger charge is -2.06. The van der Waals surface area contributed by atoms with Crippen LogP contribution in [0.15, 0.2) is 24.3 Å². The van der Waals surface area contributed by atoms with Crippen molar-refractivity contribution in [3.63, 3.8) is 0 Å². The Morgan fingerprint density at radius 3 is 2.71 bits per heavy atom. The molecule has 0 amide bonds. The van der Waals surface area contributed by atoms with Crippen molar-refractivity contribution in [3.05, 3.63) is 30.1 Å². The van der Waals surface area contributed by atoms with E-state index in [1.54, 1.807) is 12.1 Å². The summed E-state index contributed by atoms with van der Waals surface area (Å²) >= 11 is 0. The molecule has 0 bridgehead atoms. The molecule has 1 aromatic carbocycles. The maximum absolute atomic E-state index is 12.9. The second-order valence-electron chi connectivity index (χ2n) is 5.36. The van der Waals surface area contributed by atoms with Gasteiger partial charge in [0.2, 0.25) is 0 Å². The van der Waals surface area contributed by atoms with Crippen LogP contribution in [0.25, 0.3) is 0 Å². The molecule has 2 nitrogen and oxygen atoms in total. The highest BCUT2D eigenvalue weighted by Gasteiger charge is 2.55. The Hall–Kier alpha value is -1.09. The van der Waals surface area contributed by atoms with E-state index >= 15 is 0 Å². The molecular formula is C14H20FNO. The lowest BCUT2D eigenvalue weighted by molar-refractivity contribution is 0.291. The van der Waals surface area contributed by atoms with Crippen LogP contribution in [-0.2, 0) is 0 Å². The van der Waals surface area contributed by atoms with Crippen molar-refractivity contribution in [3.8, 4) is 5.75 Å². The van der Waals surface area contributed by atoms with E-state index in [0.717, 1.165) is 13.0 Å². The fourth-order valence-corrected chi connectivity index (χ4v) is 2.76. The normalized spacial score (nSPS) is 25.6. The molecule has 2 atom stereocenters. The summed E-state index contributed by atoms with van der Waals surface area (Å²) in [5.74, 6) is 1.60. The summed E-state index contributed by atoms with van der Waals surface area (Å²) < 4.78 is 18.5. The van der Waals surface area contributed by atoms with Crippen molar-refractivity contribution in [1.82, 2.24) is 0 Å².